The summed E-state index contributed by atoms with van der Waals surface area (Å²) in [6.45, 7) is 5.03. The van der Waals surface area contributed by atoms with Gasteiger partial charge in [0.05, 0.1) is 13.2 Å². The molecule has 0 fully saturated rings. The fourth-order valence-corrected chi connectivity index (χ4v) is 4.29. The summed E-state index contributed by atoms with van der Waals surface area (Å²) < 4.78 is 16.2. The standard InChI is InChI=1S/C30H32ClNO6/c1-4-36-28(34)30(32-21(3)33,29(35)37-5-2)17-16-23-14-15-25(19-27(23)31)24-12-9-13-26(18-24)38-20-22-10-7-6-8-11-22/h6-15,18-19H,4-5,16-17,20H2,1-3H3,(H,32,33). The molecule has 0 spiro atoms. The van der Waals surface area contributed by atoms with Crippen LogP contribution in [0.15, 0.2) is 72.8 Å². The van der Waals surface area contributed by atoms with Gasteiger partial charge in [-0.15, -0.1) is 0 Å². The van der Waals surface area contributed by atoms with Crippen LogP contribution in [0.5, 0.6) is 5.75 Å². The molecule has 1 amide bonds. The summed E-state index contributed by atoms with van der Waals surface area (Å²) in [4.78, 5) is 37.7. The van der Waals surface area contributed by atoms with Gasteiger partial charge < -0.3 is 19.5 Å². The lowest BCUT2D eigenvalue weighted by atomic mass is 9.90. The first-order valence-electron chi connectivity index (χ1n) is 12.5. The third-order valence-electron chi connectivity index (χ3n) is 5.88. The van der Waals surface area contributed by atoms with Gasteiger partial charge in [-0.3, -0.25) is 4.79 Å². The van der Waals surface area contributed by atoms with E-state index in [1.54, 1.807) is 13.8 Å². The number of carbonyl (C=O) groups is 3. The number of carbonyl (C=O) groups excluding carboxylic acids is 3. The molecule has 0 saturated carbocycles. The second-order valence-corrected chi connectivity index (χ2v) is 9.04. The average molecular weight is 538 g/mol. The largest absolute Gasteiger partial charge is 0.489 e. The lowest BCUT2D eigenvalue weighted by Gasteiger charge is -2.29. The van der Waals surface area contributed by atoms with Crippen molar-refractivity contribution in [1.82, 2.24) is 5.32 Å². The lowest BCUT2D eigenvalue weighted by molar-refractivity contribution is -0.168. The molecule has 3 aromatic rings. The van der Waals surface area contributed by atoms with Gasteiger partial charge in [-0.25, -0.2) is 9.59 Å². The second kappa shape index (κ2) is 13.6. The Labute approximate surface area is 228 Å². The highest BCUT2D eigenvalue weighted by molar-refractivity contribution is 6.31. The van der Waals surface area contributed by atoms with Gasteiger partial charge >= 0.3 is 11.9 Å². The second-order valence-electron chi connectivity index (χ2n) is 8.64. The van der Waals surface area contributed by atoms with Crippen molar-refractivity contribution in [3.63, 3.8) is 0 Å². The number of benzene rings is 3. The average Bonchev–Trinajstić information content (AvgIpc) is 2.91. The van der Waals surface area contributed by atoms with E-state index < -0.39 is 23.4 Å². The van der Waals surface area contributed by atoms with Crippen LogP contribution < -0.4 is 10.1 Å². The molecule has 3 rings (SSSR count). The third-order valence-corrected chi connectivity index (χ3v) is 6.23. The van der Waals surface area contributed by atoms with Gasteiger partial charge in [-0.1, -0.05) is 66.2 Å². The summed E-state index contributed by atoms with van der Waals surface area (Å²) in [6.07, 6.45) is 0.142. The quantitative estimate of drug-likeness (QED) is 0.242. The molecule has 0 unspecified atom stereocenters. The van der Waals surface area contributed by atoms with Gasteiger partial charge in [-0.2, -0.15) is 0 Å². The molecule has 0 aliphatic heterocycles. The Bertz CT molecular complexity index is 1240. The van der Waals surface area contributed by atoms with Crippen LogP contribution in [-0.4, -0.2) is 36.6 Å². The molecule has 7 nitrogen and oxygen atoms in total. The lowest BCUT2D eigenvalue weighted by Crippen LogP contribution is -2.61. The van der Waals surface area contributed by atoms with Crippen LogP contribution in [0.25, 0.3) is 11.1 Å². The number of aryl methyl sites for hydroxylation is 1. The van der Waals surface area contributed by atoms with E-state index in [4.69, 9.17) is 25.8 Å². The fraction of sp³-hybridized carbons (Fsp3) is 0.300. The molecular formula is C30H32ClNO6. The Morgan fingerprint density at radius 3 is 2.11 bits per heavy atom. The number of ether oxygens (including phenoxy) is 3. The van der Waals surface area contributed by atoms with E-state index in [9.17, 15) is 14.4 Å². The van der Waals surface area contributed by atoms with Gasteiger partial charge in [0.25, 0.3) is 0 Å². The van der Waals surface area contributed by atoms with Crippen LogP contribution in [0.3, 0.4) is 0 Å². The Morgan fingerprint density at radius 2 is 1.50 bits per heavy atom. The first-order valence-corrected chi connectivity index (χ1v) is 12.9. The third kappa shape index (κ3) is 7.35. The summed E-state index contributed by atoms with van der Waals surface area (Å²) in [5, 5.41) is 2.94. The normalized spacial score (nSPS) is 10.9. The van der Waals surface area contributed by atoms with Crippen LogP contribution in [0.2, 0.25) is 5.02 Å². The topological polar surface area (TPSA) is 90.9 Å². The molecule has 1 N–H and O–H groups in total. The van der Waals surface area contributed by atoms with Crippen LogP contribution in [0.4, 0.5) is 0 Å². The number of amides is 1. The van der Waals surface area contributed by atoms with Crippen molar-refractivity contribution >= 4 is 29.4 Å². The molecule has 0 atom stereocenters. The zero-order chi connectivity index (χ0) is 27.5. The molecular weight excluding hydrogens is 506 g/mol. The van der Waals surface area contributed by atoms with Crippen molar-refractivity contribution in [3.8, 4) is 16.9 Å². The minimum atomic E-state index is -1.97. The molecule has 38 heavy (non-hydrogen) atoms. The van der Waals surface area contributed by atoms with E-state index >= 15 is 0 Å². The molecule has 200 valence electrons. The highest BCUT2D eigenvalue weighted by Gasteiger charge is 2.49. The van der Waals surface area contributed by atoms with Crippen molar-refractivity contribution in [1.29, 1.82) is 0 Å². The van der Waals surface area contributed by atoms with Crippen molar-refractivity contribution in [3.05, 3.63) is 88.9 Å². The minimum absolute atomic E-state index is 0.0448. The Kier molecular flexibility index (Phi) is 10.3. The Morgan fingerprint density at radius 1 is 0.842 bits per heavy atom. The number of rotatable bonds is 12. The summed E-state index contributed by atoms with van der Waals surface area (Å²) in [5.41, 5.74) is 1.62. The Balaban J connectivity index is 1.79. The maximum Gasteiger partial charge on any atom is 0.343 e. The number of esters is 2. The molecule has 0 heterocycles. The van der Waals surface area contributed by atoms with E-state index in [2.05, 4.69) is 5.32 Å². The van der Waals surface area contributed by atoms with Gasteiger partial charge in [0, 0.05) is 11.9 Å². The van der Waals surface area contributed by atoms with Crippen molar-refractivity contribution in [2.24, 2.45) is 0 Å². The summed E-state index contributed by atoms with van der Waals surface area (Å²) in [7, 11) is 0. The van der Waals surface area contributed by atoms with E-state index in [0.29, 0.717) is 17.2 Å². The zero-order valence-electron chi connectivity index (χ0n) is 21.8. The monoisotopic (exact) mass is 537 g/mol. The first-order chi connectivity index (χ1) is 18.3. The fourth-order valence-electron chi connectivity index (χ4n) is 4.02. The molecule has 0 aromatic heterocycles. The molecule has 0 aliphatic rings. The van der Waals surface area contributed by atoms with E-state index in [1.807, 2.05) is 72.8 Å². The summed E-state index contributed by atoms with van der Waals surface area (Å²) in [6, 6.07) is 23.2. The maximum absolute atomic E-state index is 12.9. The molecule has 3 aromatic carbocycles. The molecule has 0 bridgehead atoms. The van der Waals surface area contributed by atoms with Crippen LogP contribution in [-0.2, 0) is 36.9 Å². The van der Waals surface area contributed by atoms with Crippen molar-refractivity contribution < 1.29 is 28.6 Å². The number of hydrogen-bond acceptors (Lipinski definition) is 6. The van der Waals surface area contributed by atoms with Crippen LogP contribution >= 0.6 is 11.6 Å². The summed E-state index contributed by atoms with van der Waals surface area (Å²) in [5.74, 6) is -1.56. The van der Waals surface area contributed by atoms with Crippen molar-refractivity contribution in [2.45, 2.75) is 45.8 Å². The number of halogens is 1. The highest BCUT2D eigenvalue weighted by atomic mass is 35.5. The van der Waals surface area contributed by atoms with Gasteiger partial charge in [0.15, 0.2) is 0 Å². The Hall–Kier alpha value is -3.84. The SMILES string of the molecule is CCOC(=O)C(CCc1ccc(-c2cccc(OCc3ccccc3)c2)cc1Cl)(NC(C)=O)C(=O)OCC. The highest BCUT2D eigenvalue weighted by Crippen LogP contribution is 2.30. The van der Waals surface area contributed by atoms with Gasteiger partial charge in [0.1, 0.15) is 12.4 Å². The van der Waals surface area contributed by atoms with Gasteiger partial charge in [-0.05, 0) is 67.1 Å². The van der Waals surface area contributed by atoms with E-state index in [-0.39, 0.29) is 26.1 Å². The number of hydrogen-bond donors (Lipinski definition) is 1. The predicted molar refractivity (Wildman–Crippen MR) is 146 cm³/mol. The molecule has 8 heteroatoms. The first kappa shape index (κ1) is 28.7. The number of nitrogens with one attached hydrogen (secondary N) is 1. The predicted octanol–water partition coefficient (Wildman–Crippen LogP) is 5.52. The minimum Gasteiger partial charge on any atom is -0.489 e. The molecule has 0 radical (unpaired) electrons. The zero-order valence-corrected chi connectivity index (χ0v) is 22.5. The molecule has 0 aliphatic carbocycles. The summed E-state index contributed by atoms with van der Waals surface area (Å²) >= 11 is 6.63. The van der Waals surface area contributed by atoms with Crippen LogP contribution in [0.1, 0.15) is 38.3 Å². The van der Waals surface area contributed by atoms with Crippen molar-refractivity contribution in [2.75, 3.05) is 13.2 Å². The maximum atomic E-state index is 12.9. The van der Waals surface area contributed by atoms with Gasteiger partial charge in [0.2, 0.25) is 11.4 Å². The molecule has 0 saturated heterocycles. The van der Waals surface area contributed by atoms with E-state index in [0.717, 1.165) is 22.4 Å². The van der Waals surface area contributed by atoms with Crippen LogP contribution in [0, 0.1) is 0 Å². The smallest absolute Gasteiger partial charge is 0.343 e. The van der Waals surface area contributed by atoms with E-state index in [1.165, 1.54) is 6.92 Å².